The Hall–Kier alpha value is -1.38. The number of aliphatic imine (C=N–C) groups is 1. The fourth-order valence-electron chi connectivity index (χ4n) is 2.68. The van der Waals surface area contributed by atoms with E-state index in [1.54, 1.807) is 0 Å². The number of carbonyl (C=O) groups excluding carboxylic acids is 1. The Balaban J connectivity index is 1.79. The van der Waals surface area contributed by atoms with Crippen LogP contribution in [0.15, 0.2) is 28.3 Å². The van der Waals surface area contributed by atoms with Gasteiger partial charge < -0.3 is 4.74 Å². The molecule has 78 valence electrons. The number of esters is 1. The Bertz CT molecular complexity index is 406. The van der Waals surface area contributed by atoms with Crippen LogP contribution in [0.5, 0.6) is 0 Å². The van der Waals surface area contributed by atoms with E-state index in [1.165, 1.54) is 11.1 Å². The summed E-state index contributed by atoms with van der Waals surface area (Å²) in [5.74, 6) is 0.829. The van der Waals surface area contributed by atoms with Crippen molar-refractivity contribution >= 4 is 12.2 Å². The standard InChI is InChI=1S/C12H13NO2/c1-2-15-12(14)11-8-5-7-3-4-13-6-9(7)10(8)11/h3-5,9-11H,2,6H2,1H3. The van der Waals surface area contributed by atoms with Crippen LogP contribution >= 0.6 is 0 Å². The van der Waals surface area contributed by atoms with Crippen LogP contribution < -0.4 is 0 Å². The number of dihydropyridines is 1. The molecular formula is C12H13NO2. The van der Waals surface area contributed by atoms with E-state index in [2.05, 4.69) is 17.1 Å². The van der Waals surface area contributed by atoms with Crippen molar-refractivity contribution in [2.45, 2.75) is 6.92 Å². The minimum Gasteiger partial charge on any atom is -0.466 e. The fourth-order valence-corrected chi connectivity index (χ4v) is 2.68. The third-order valence-electron chi connectivity index (χ3n) is 3.40. The van der Waals surface area contributed by atoms with E-state index < -0.39 is 0 Å². The molecule has 0 saturated heterocycles. The van der Waals surface area contributed by atoms with Gasteiger partial charge >= 0.3 is 5.97 Å². The Morgan fingerprint density at radius 1 is 1.67 bits per heavy atom. The average molecular weight is 203 g/mol. The molecule has 3 unspecified atom stereocenters. The first-order valence-electron chi connectivity index (χ1n) is 5.41. The highest BCUT2D eigenvalue weighted by Gasteiger charge is 2.58. The molecule has 15 heavy (non-hydrogen) atoms. The molecule has 1 heterocycles. The molecule has 0 radical (unpaired) electrons. The van der Waals surface area contributed by atoms with E-state index in [1.807, 2.05) is 13.1 Å². The van der Waals surface area contributed by atoms with Crippen LogP contribution in [0.1, 0.15) is 6.92 Å². The Labute approximate surface area is 88.5 Å². The van der Waals surface area contributed by atoms with Crippen molar-refractivity contribution in [2.75, 3.05) is 13.2 Å². The number of hydrogen-bond donors (Lipinski definition) is 0. The van der Waals surface area contributed by atoms with Gasteiger partial charge in [-0.25, -0.2) is 0 Å². The quantitative estimate of drug-likeness (QED) is 0.636. The number of fused-ring (bicyclic) bond motifs is 3. The van der Waals surface area contributed by atoms with Gasteiger partial charge in [0.15, 0.2) is 0 Å². The van der Waals surface area contributed by atoms with Crippen molar-refractivity contribution in [3.8, 4) is 0 Å². The molecule has 1 saturated carbocycles. The molecule has 3 nitrogen and oxygen atoms in total. The van der Waals surface area contributed by atoms with Crippen molar-refractivity contribution < 1.29 is 9.53 Å². The first-order chi connectivity index (χ1) is 7.33. The zero-order chi connectivity index (χ0) is 10.4. The summed E-state index contributed by atoms with van der Waals surface area (Å²) in [7, 11) is 0. The number of hydrogen-bond acceptors (Lipinski definition) is 3. The largest absolute Gasteiger partial charge is 0.466 e. The molecular weight excluding hydrogens is 190 g/mol. The van der Waals surface area contributed by atoms with E-state index >= 15 is 0 Å². The van der Waals surface area contributed by atoms with Crippen LogP contribution in [0, 0.1) is 17.8 Å². The minimum absolute atomic E-state index is 0.0420. The second-order valence-corrected chi connectivity index (χ2v) is 4.19. The summed E-state index contributed by atoms with van der Waals surface area (Å²) in [5.41, 5.74) is 2.60. The molecule has 0 amide bonds. The predicted octanol–water partition coefficient (Wildman–Crippen LogP) is 1.36. The molecule has 0 aromatic heterocycles. The third-order valence-corrected chi connectivity index (χ3v) is 3.40. The van der Waals surface area contributed by atoms with E-state index in [4.69, 9.17) is 4.74 Å². The Morgan fingerprint density at radius 2 is 2.53 bits per heavy atom. The molecule has 0 N–H and O–H groups in total. The highest BCUT2D eigenvalue weighted by atomic mass is 16.5. The van der Waals surface area contributed by atoms with Gasteiger partial charge in [0.25, 0.3) is 0 Å². The molecule has 3 aliphatic rings. The molecule has 0 aromatic rings. The lowest BCUT2D eigenvalue weighted by Gasteiger charge is -2.15. The van der Waals surface area contributed by atoms with Crippen LogP contribution in [-0.4, -0.2) is 25.3 Å². The van der Waals surface area contributed by atoms with Crippen LogP contribution in [0.4, 0.5) is 0 Å². The topological polar surface area (TPSA) is 38.7 Å². The summed E-state index contributed by atoms with van der Waals surface area (Å²) in [6.45, 7) is 3.15. The lowest BCUT2D eigenvalue weighted by molar-refractivity contribution is -0.144. The first-order valence-corrected chi connectivity index (χ1v) is 5.41. The normalized spacial score (nSPS) is 35.1. The number of rotatable bonds is 2. The van der Waals surface area contributed by atoms with Crippen LogP contribution in [-0.2, 0) is 9.53 Å². The highest BCUT2D eigenvalue weighted by molar-refractivity contribution is 5.85. The minimum atomic E-state index is -0.0534. The lowest BCUT2D eigenvalue weighted by Crippen LogP contribution is -2.17. The predicted molar refractivity (Wildman–Crippen MR) is 56.6 cm³/mol. The first kappa shape index (κ1) is 8.89. The van der Waals surface area contributed by atoms with Crippen molar-refractivity contribution in [3.63, 3.8) is 0 Å². The molecule has 0 spiro atoms. The number of carbonyl (C=O) groups is 1. The van der Waals surface area contributed by atoms with Gasteiger partial charge in [0.05, 0.1) is 12.5 Å². The Morgan fingerprint density at radius 3 is 3.33 bits per heavy atom. The summed E-state index contributed by atoms with van der Waals surface area (Å²) in [4.78, 5) is 15.8. The summed E-state index contributed by atoms with van der Waals surface area (Å²) in [5, 5.41) is 0. The zero-order valence-electron chi connectivity index (χ0n) is 8.64. The van der Waals surface area contributed by atoms with Gasteiger partial charge in [0, 0.05) is 24.6 Å². The number of nitrogens with zero attached hydrogens (tertiary/aromatic N) is 1. The fraction of sp³-hybridized carbons (Fsp3) is 0.500. The van der Waals surface area contributed by atoms with Crippen molar-refractivity contribution in [3.05, 3.63) is 23.3 Å². The Kier molecular flexibility index (Phi) is 1.81. The molecule has 0 aromatic carbocycles. The highest BCUT2D eigenvalue weighted by Crippen LogP contribution is 2.59. The molecule has 3 rings (SSSR count). The SMILES string of the molecule is CCOC(=O)C1C2=CC3=CC=NCC3C21. The molecule has 3 atom stereocenters. The zero-order valence-corrected chi connectivity index (χ0v) is 8.64. The van der Waals surface area contributed by atoms with Crippen molar-refractivity contribution in [1.82, 2.24) is 0 Å². The van der Waals surface area contributed by atoms with Crippen molar-refractivity contribution in [1.29, 1.82) is 0 Å². The van der Waals surface area contributed by atoms with E-state index in [-0.39, 0.29) is 11.9 Å². The van der Waals surface area contributed by atoms with Crippen LogP contribution in [0.3, 0.4) is 0 Å². The third kappa shape index (κ3) is 1.19. The summed E-state index contributed by atoms with van der Waals surface area (Å²) in [6.07, 6.45) is 6.06. The average Bonchev–Trinajstić information content (AvgIpc) is 2.83. The van der Waals surface area contributed by atoms with E-state index in [0.717, 1.165) is 6.54 Å². The van der Waals surface area contributed by atoms with E-state index in [0.29, 0.717) is 18.4 Å². The summed E-state index contributed by atoms with van der Waals surface area (Å²) >= 11 is 0. The molecule has 2 aliphatic carbocycles. The van der Waals surface area contributed by atoms with Gasteiger partial charge in [-0.05, 0) is 18.6 Å². The number of allylic oxidation sites excluding steroid dienone is 2. The summed E-state index contributed by atoms with van der Waals surface area (Å²) in [6, 6.07) is 0. The van der Waals surface area contributed by atoms with Crippen molar-refractivity contribution in [2.24, 2.45) is 22.7 Å². The smallest absolute Gasteiger partial charge is 0.313 e. The maximum atomic E-state index is 11.6. The molecule has 3 heteroatoms. The maximum absolute atomic E-state index is 11.6. The monoisotopic (exact) mass is 203 g/mol. The van der Waals surface area contributed by atoms with Gasteiger partial charge in [0.1, 0.15) is 0 Å². The van der Waals surface area contributed by atoms with Crippen LogP contribution in [0.25, 0.3) is 0 Å². The van der Waals surface area contributed by atoms with Crippen LogP contribution in [0.2, 0.25) is 0 Å². The second-order valence-electron chi connectivity index (χ2n) is 4.19. The molecule has 0 bridgehead atoms. The van der Waals surface area contributed by atoms with Gasteiger partial charge in [-0.1, -0.05) is 11.6 Å². The van der Waals surface area contributed by atoms with Gasteiger partial charge in [-0.2, -0.15) is 0 Å². The number of ether oxygens (including phenoxy) is 1. The van der Waals surface area contributed by atoms with Gasteiger partial charge in [0.2, 0.25) is 0 Å². The summed E-state index contributed by atoms with van der Waals surface area (Å²) < 4.78 is 5.04. The lowest BCUT2D eigenvalue weighted by atomic mass is 9.94. The second kappa shape index (κ2) is 3.05. The molecule has 1 fully saturated rings. The molecule has 1 aliphatic heterocycles. The van der Waals surface area contributed by atoms with E-state index in [9.17, 15) is 4.79 Å². The maximum Gasteiger partial charge on any atom is 0.313 e. The van der Waals surface area contributed by atoms with Gasteiger partial charge in [-0.15, -0.1) is 0 Å². The van der Waals surface area contributed by atoms with Gasteiger partial charge in [-0.3, -0.25) is 9.79 Å².